The zero-order chi connectivity index (χ0) is 13.8. The summed E-state index contributed by atoms with van der Waals surface area (Å²) in [5.41, 5.74) is 6.22. The van der Waals surface area contributed by atoms with Crippen LogP contribution < -0.4 is 5.73 Å². The Balaban J connectivity index is 1.98. The molecule has 1 amide bonds. The highest BCUT2D eigenvalue weighted by atomic mass is 16.2. The van der Waals surface area contributed by atoms with Crippen LogP contribution in [0.4, 0.5) is 0 Å². The number of nitrogens with two attached hydrogens (primary N) is 1. The van der Waals surface area contributed by atoms with Crippen LogP contribution in [-0.2, 0) is 4.79 Å². The van der Waals surface area contributed by atoms with E-state index in [1.54, 1.807) is 0 Å². The summed E-state index contributed by atoms with van der Waals surface area (Å²) >= 11 is 0. The molecule has 0 spiro atoms. The smallest absolute Gasteiger partial charge is 0.227 e. The normalized spacial score (nSPS) is 34.1. The molecular formula is C15H29N3O. The van der Waals surface area contributed by atoms with Crippen LogP contribution >= 0.6 is 0 Å². The predicted octanol–water partition coefficient (Wildman–Crippen LogP) is 1.45. The van der Waals surface area contributed by atoms with Gasteiger partial charge in [0.15, 0.2) is 0 Å². The second-order valence-electron chi connectivity index (χ2n) is 6.24. The van der Waals surface area contributed by atoms with Crippen LogP contribution in [0.25, 0.3) is 0 Å². The van der Waals surface area contributed by atoms with Crippen molar-refractivity contribution >= 4 is 5.91 Å². The lowest BCUT2D eigenvalue weighted by Crippen LogP contribution is -2.55. The van der Waals surface area contributed by atoms with Gasteiger partial charge in [0.05, 0.1) is 5.92 Å². The molecular weight excluding hydrogens is 238 g/mol. The second kappa shape index (κ2) is 6.71. The summed E-state index contributed by atoms with van der Waals surface area (Å²) in [5.74, 6) is 0.393. The van der Waals surface area contributed by atoms with Crippen molar-refractivity contribution in [3.05, 3.63) is 0 Å². The van der Waals surface area contributed by atoms with Gasteiger partial charge in [-0.25, -0.2) is 0 Å². The number of piperazine rings is 1. The first-order valence-electron chi connectivity index (χ1n) is 7.88. The van der Waals surface area contributed by atoms with Crippen LogP contribution in [0, 0.1) is 5.92 Å². The Hall–Kier alpha value is -0.610. The summed E-state index contributed by atoms with van der Waals surface area (Å²) in [6.07, 6.45) is 6.69. The maximum Gasteiger partial charge on any atom is 0.227 e. The first kappa shape index (κ1) is 14.8. The summed E-state index contributed by atoms with van der Waals surface area (Å²) < 4.78 is 0. The van der Waals surface area contributed by atoms with E-state index in [0.717, 1.165) is 45.3 Å². The van der Waals surface area contributed by atoms with Crippen LogP contribution in [0.15, 0.2) is 0 Å². The standard InChI is InChI=1S/C15H29N3O/c1-3-12-11-18(10-9-17(12)2)15(19)13-7-5-4-6-8-14(13)16/h12-14H,3-11,16H2,1-2H3. The SMILES string of the molecule is CCC1CN(C(=O)C2CCCCCC2N)CCN1C. The molecule has 19 heavy (non-hydrogen) atoms. The van der Waals surface area contributed by atoms with Crippen molar-refractivity contribution in [1.82, 2.24) is 9.80 Å². The van der Waals surface area contributed by atoms with E-state index >= 15 is 0 Å². The fraction of sp³-hybridized carbons (Fsp3) is 0.933. The lowest BCUT2D eigenvalue weighted by molar-refractivity contribution is -0.139. The van der Waals surface area contributed by atoms with E-state index in [4.69, 9.17) is 5.73 Å². The van der Waals surface area contributed by atoms with Crippen LogP contribution in [0.5, 0.6) is 0 Å². The van der Waals surface area contributed by atoms with Crippen LogP contribution in [0.3, 0.4) is 0 Å². The van der Waals surface area contributed by atoms with Crippen LogP contribution in [0.1, 0.15) is 45.4 Å². The Morgan fingerprint density at radius 3 is 2.68 bits per heavy atom. The summed E-state index contributed by atoms with van der Waals surface area (Å²) in [7, 11) is 2.16. The average Bonchev–Trinajstić information content (AvgIpc) is 2.63. The molecule has 1 aliphatic carbocycles. The molecule has 0 aromatic rings. The number of hydrogen-bond donors (Lipinski definition) is 1. The minimum Gasteiger partial charge on any atom is -0.340 e. The average molecular weight is 267 g/mol. The molecule has 1 aliphatic heterocycles. The highest BCUT2D eigenvalue weighted by Gasteiger charge is 2.33. The van der Waals surface area contributed by atoms with Gasteiger partial charge in [-0.15, -0.1) is 0 Å². The van der Waals surface area contributed by atoms with Crippen molar-refractivity contribution < 1.29 is 4.79 Å². The number of carbonyl (C=O) groups is 1. The van der Waals surface area contributed by atoms with E-state index in [1.807, 2.05) is 0 Å². The summed E-state index contributed by atoms with van der Waals surface area (Å²) in [6, 6.07) is 0.592. The van der Waals surface area contributed by atoms with Gasteiger partial charge in [-0.05, 0) is 26.3 Å². The lowest BCUT2D eigenvalue weighted by Gasteiger charge is -2.41. The summed E-state index contributed by atoms with van der Waals surface area (Å²) in [5, 5.41) is 0. The van der Waals surface area contributed by atoms with Crippen molar-refractivity contribution in [3.8, 4) is 0 Å². The van der Waals surface area contributed by atoms with E-state index in [0.29, 0.717) is 11.9 Å². The molecule has 4 heteroatoms. The molecule has 110 valence electrons. The number of amides is 1. The van der Waals surface area contributed by atoms with Crippen molar-refractivity contribution in [1.29, 1.82) is 0 Å². The van der Waals surface area contributed by atoms with Gasteiger partial charge in [-0.2, -0.15) is 0 Å². The third-order valence-corrected chi connectivity index (χ3v) is 4.95. The van der Waals surface area contributed by atoms with Gasteiger partial charge < -0.3 is 10.6 Å². The summed E-state index contributed by atoms with van der Waals surface area (Å²) in [6.45, 7) is 4.95. The third-order valence-electron chi connectivity index (χ3n) is 4.95. The molecule has 0 radical (unpaired) electrons. The molecule has 3 unspecified atom stereocenters. The number of nitrogens with zero attached hydrogens (tertiary/aromatic N) is 2. The Labute approximate surface area is 117 Å². The quantitative estimate of drug-likeness (QED) is 0.770. The molecule has 1 saturated heterocycles. The third kappa shape index (κ3) is 3.48. The second-order valence-corrected chi connectivity index (χ2v) is 6.24. The van der Waals surface area contributed by atoms with Crippen molar-refractivity contribution in [2.24, 2.45) is 11.7 Å². The van der Waals surface area contributed by atoms with E-state index in [1.165, 1.54) is 12.8 Å². The Morgan fingerprint density at radius 1 is 1.21 bits per heavy atom. The molecule has 2 aliphatic rings. The Bertz CT molecular complexity index is 308. The van der Waals surface area contributed by atoms with Gasteiger partial charge in [0.1, 0.15) is 0 Å². The van der Waals surface area contributed by atoms with Gasteiger partial charge in [-0.1, -0.05) is 26.2 Å². The molecule has 1 heterocycles. The minimum absolute atomic E-state index is 0.0726. The van der Waals surface area contributed by atoms with Crippen LogP contribution in [0.2, 0.25) is 0 Å². The highest BCUT2D eigenvalue weighted by molar-refractivity contribution is 5.79. The molecule has 3 atom stereocenters. The molecule has 2 rings (SSSR count). The molecule has 0 aromatic carbocycles. The van der Waals surface area contributed by atoms with E-state index in [9.17, 15) is 4.79 Å². The molecule has 0 bridgehead atoms. The topological polar surface area (TPSA) is 49.6 Å². The lowest BCUT2D eigenvalue weighted by atomic mass is 9.93. The number of rotatable bonds is 2. The largest absolute Gasteiger partial charge is 0.340 e. The molecule has 2 fully saturated rings. The highest BCUT2D eigenvalue weighted by Crippen LogP contribution is 2.25. The monoisotopic (exact) mass is 267 g/mol. The summed E-state index contributed by atoms with van der Waals surface area (Å²) in [4.78, 5) is 17.2. The molecule has 2 N–H and O–H groups in total. The number of likely N-dealkylation sites (N-methyl/N-ethyl adjacent to an activating group) is 1. The first-order chi connectivity index (χ1) is 9.13. The first-order valence-corrected chi connectivity index (χ1v) is 7.88. The fourth-order valence-corrected chi connectivity index (χ4v) is 3.46. The molecule has 1 saturated carbocycles. The predicted molar refractivity (Wildman–Crippen MR) is 77.8 cm³/mol. The van der Waals surface area contributed by atoms with E-state index < -0.39 is 0 Å². The van der Waals surface area contributed by atoms with Gasteiger partial charge in [0.2, 0.25) is 5.91 Å². The zero-order valence-electron chi connectivity index (χ0n) is 12.5. The van der Waals surface area contributed by atoms with Gasteiger partial charge in [0, 0.05) is 31.7 Å². The maximum atomic E-state index is 12.7. The Kier molecular flexibility index (Phi) is 5.22. The fourth-order valence-electron chi connectivity index (χ4n) is 3.46. The van der Waals surface area contributed by atoms with Gasteiger partial charge >= 0.3 is 0 Å². The molecule has 4 nitrogen and oxygen atoms in total. The van der Waals surface area contributed by atoms with Gasteiger partial charge in [-0.3, -0.25) is 9.69 Å². The molecule has 0 aromatic heterocycles. The van der Waals surface area contributed by atoms with Crippen LogP contribution in [-0.4, -0.2) is 54.5 Å². The Morgan fingerprint density at radius 2 is 1.95 bits per heavy atom. The number of hydrogen-bond acceptors (Lipinski definition) is 3. The minimum atomic E-state index is 0.0726. The zero-order valence-corrected chi connectivity index (χ0v) is 12.5. The van der Waals surface area contributed by atoms with Crippen molar-refractivity contribution in [2.45, 2.75) is 57.5 Å². The van der Waals surface area contributed by atoms with E-state index in [2.05, 4.69) is 23.8 Å². The van der Waals surface area contributed by atoms with Crippen molar-refractivity contribution in [3.63, 3.8) is 0 Å². The number of carbonyl (C=O) groups excluding carboxylic acids is 1. The maximum absolute atomic E-state index is 12.7. The van der Waals surface area contributed by atoms with E-state index in [-0.39, 0.29) is 12.0 Å². The van der Waals surface area contributed by atoms with Crippen molar-refractivity contribution in [2.75, 3.05) is 26.7 Å². The van der Waals surface area contributed by atoms with Gasteiger partial charge in [0.25, 0.3) is 0 Å².